The van der Waals surface area contributed by atoms with Crippen molar-refractivity contribution >= 4 is 21.9 Å². The molecule has 15 heavy (non-hydrogen) atoms. The van der Waals surface area contributed by atoms with E-state index in [1.54, 1.807) is 0 Å². The van der Waals surface area contributed by atoms with Gasteiger partial charge in [0.15, 0.2) is 0 Å². The molecular weight excluding hydrogens is 270 g/mol. The second kappa shape index (κ2) is 4.70. The van der Waals surface area contributed by atoms with Gasteiger partial charge in [0.2, 0.25) is 0 Å². The van der Waals surface area contributed by atoms with Gasteiger partial charge in [-0.1, -0.05) is 15.9 Å². The number of rotatable bonds is 2. The van der Waals surface area contributed by atoms with E-state index >= 15 is 0 Å². The third-order valence-corrected chi connectivity index (χ3v) is 2.58. The Balaban J connectivity index is 3.50. The Labute approximate surface area is 94.4 Å². The second-order valence-corrected chi connectivity index (χ2v) is 3.53. The molecule has 0 radical (unpaired) electrons. The van der Waals surface area contributed by atoms with Crippen molar-refractivity contribution in [1.29, 1.82) is 0 Å². The Hall–Kier alpha value is -0.970. The lowest BCUT2D eigenvalue weighted by Crippen LogP contribution is -2.11. The van der Waals surface area contributed by atoms with Crippen LogP contribution in [-0.4, -0.2) is 13.1 Å². The lowest BCUT2D eigenvalue weighted by molar-refractivity contribution is 0.0593. The first-order valence-electron chi connectivity index (χ1n) is 4.14. The molecule has 0 bridgehead atoms. The van der Waals surface area contributed by atoms with Gasteiger partial charge in [-0.15, -0.1) is 0 Å². The fourth-order valence-electron chi connectivity index (χ4n) is 1.24. The molecule has 0 fully saturated rings. The largest absolute Gasteiger partial charge is 0.465 e. The molecule has 0 saturated carbocycles. The maximum Gasteiger partial charge on any atom is 0.341 e. The molecule has 0 aliphatic carbocycles. The second-order valence-electron chi connectivity index (χ2n) is 2.97. The number of methoxy groups -OCH3 is 1. The number of halogens is 3. The zero-order valence-corrected chi connectivity index (χ0v) is 9.82. The molecule has 0 aliphatic heterocycles. The summed E-state index contributed by atoms with van der Waals surface area (Å²) >= 11 is 3.00. The summed E-state index contributed by atoms with van der Waals surface area (Å²) in [4.78, 5) is 11.3. The predicted molar refractivity (Wildman–Crippen MR) is 55.1 cm³/mol. The summed E-state index contributed by atoms with van der Waals surface area (Å²) in [6, 6.07) is 1.05. The zero-order valence-electron chi connectivity index (χ0n) is 8.23. The monoisotopic (exact) mass is 278 g/mol. The summed E-state index contributed by atoms with van der Waals surface area (Å²) in [5.74, 6) is -2.23. The third-order valence-electron chi connectivity index (χ3n) is 2.02. The average molecular weight is 279 g/mol. The molecule has 0 amide bonds. The molecule has 0 spiro atoms. The molecule has 1 aromatic rings. The normalized spacial score (nSPS) is 10.2. The molecule has 0 aliphatic rings. The van der Waals surface area contributed by atoms with Gasteiger partial charge in [0.25, 0.3) is 0 Å². The third kappa shape index (κ3) is 2.17. The minimum Gasteiger partial charge on any atom is -0.465 e. The van der Waals surface area contributed by atoms with E-state index in [0.29, 0.717) is 0 Å². The molecule has 5 heteroatoms. The minimum absolute atomic E-state index is 0.0232. The van der Waals surface area contributed by atoms with E-state index < -0.39 is 17.6 Å². The molecular formula is C10H9BrF2O2. The van der Waals surface area contributed by atoms with Gasteiger partial charge in [-0.3, -0.25) is 0 Å². The molecule has 1 aromatic carbocycles. The van der Waals surface area contributed by atoms with Gasteiger partial charge in [-0.25, -0.2) is 13.6 Å². The van der Waals surface area contributed by atoms with Crippen LogP contribution in [0, 0.1) is 18.6 Å². The molecule has 82 valence electrons. The van der Waals surface area contributed by atoms with E-state index in [4.69, 9.17) is 0 Å². The molecule has 0 unspecified atom stereocenters. The van der Waals surface area contributed by atoms with Gasteiger partial charge in [0.1, 0.15) is 17.2 Å². The molecule has 0 atom stereocenters. The van der Waals surface area contributed by atoms with Crippen molar-refractivity contribution in [3.63, 3.8) is 0 Å². The van der Waals surface area contributed by atoms with Gasteiger partial charge in [0.05, 0.1) is 7.11 Å². The van der Waals surface area contributed by atoms with Crippen LogP contribution in [0.1, 0.15) is 21.5 Å². The van der Waals surface area contributed by atoms with Gasteiger partial charge in [-0.05, 0) is 18.6 Å². The first kappa shape index (κ1) is 12.1. The van der Waals surface area contributed by atoms with Crippen molar-refractivity contribution in [1.82, 2.24) is 0 Å². The van der Waals surface area contributed by atoms with E-state index in [1.807, 2.05) is 0 Å². The highest BCUT2D eigenvalue weighted by Gasteiger charge is 2.22. The maximum absolute atomic E-state index is 13.6. The van der Waals surface area contributed by atoms with Crippen LogP contribution in [0.5, 0.6) is 0 Å². The highest BCUT2D eigenvalue weighted by Crippen LogP contribution is 2.23. The number of hydrogen-bond acceptors (Lipinski definition) is 2. The van der Waals surface area contributed by atoms with Gasteiger partial charge >= 0.3 is 5.97 Å². The van der Waals surface area contributed by atoms with Crippen LogP contribution in [0.4, 0.5) is 8.78 Å². The van der Waals surface area contributed by atoms with E-state index in [0.717, 1.165) is 13.2 Å². The van der Waals surface area contributed by atoms with Crippen molar-refractivity contribution in [2.75, 3.05) is 7.11 Å². The summed E-state index contributed by atoms with van der Waals surface area (Å²) in [6.07, 6.45) is 0. The SMILES string of the molecule is COC(=O)c1c(F)c(C)cc(F)c1CBr. The van der Waals surface area contributed by atoms with Crippen molar-refractivity contribution < 1.29 is 18.3 Å². The van der Waals surface area contributed by atoms with E-state index in [-0.39, 0.29) is 22.0 Å². The summed E-state index contributed by atoms with van der Waals surface area (Å²) in [6.45, 7) is 1.39. The lowest BCUT2D eigenvalue weighted by Gasteiger charge is -2.09. The van der Waals surface area contributed by atoms with Crippen LogP contribution < -0.4 is 0 Å². The maximum atomic E-state index is 13.6. The molecule has 2 nitrogen and oxygen atoms in total. The summed E-state index contributed by atoms with van der Waals surface area (Å²) in [5.41, 5.74) is -0.283. The van der Waals surface area contributed by atoms with Gasteiger partial charge in [-0.2, -0.15) is 0 Å². The Morgan fingerprint density at radius 3 is 2.60 bits per heavy atom. The number of aryl methyl sites for hydroxylation is 1. The van der Waals surface area contributed by atoms with Gasteiger partial charge < -0.3 is 4.74 Å². The summed E-state index contributed by atoms with van der Waals surface area (Å²) in [5, 5.41) is 0.0560. The van der Waals surface area contributed by atoms with Crippen molar-refractivity contribution in [2.45, 2.75) is 12.3 Å². The lowest BCUT2D eigenvalue weighted by atomic mass is 10.0. The Morgan fingerprint density at radius 2 is 2.13 bits per heavy atom. The quantitative estimate of drug-likeness (QED) is 0.614. The molecule has 0 heterocycles. The fourth-order valence-corrected chi connectivity index (χ4v) is 1.78. The van der Waals surface area contributed by atoms with Crippen LogP contribution in [0.2, 0.25) is 0 Å². The molecule has 0 aromatic heterocycles. The number of benzene rings is 1. The number of alkyl halides is 1. The topological polar surface area (TPSA) is 26.3 Å². The molecule has 0 N–H and O–H groups in total. The summed E-state index contributed by atoms with van der Waals surface area (Å²) in [7, 11) is 1.13. The van der Waals surface area contributed by atoms with E-state index in [9.17, 15) is 13.6 Å². The van der Waals surface area contributed by atoms with Crippen molar-refractivity contribution in [3.8, 4) is 0 Å². The van der Waals surface area contributed by atoms with Crippen LogP contribution >= 0.6 is 15.9 Å². The smallest absolute Gasteiger partial charge is 0.341 e. The van der Waals surface area contributed by atoms with Crippen LogP contribution in [0.15, 0.2) is 6.07 Å². The number of ether oxygens (including phenoxy) is 1. The Kier molecular flexibility index (Phi) is 3.79. The fraction of sp³-hybridized carbons (Fsp3) is 0.300. The van der Waals surface area contributed by atoms with Crippen LogP contribution in [0.25, 0.3) is 0 Å². The van der Waals surface area contributed by atoms with Gasteiger partial charge in [0, 0.05) is 10.9 Å². The average Bonchev–Trinajstić information content (AvgIpc) is 2.21. The number of hydrogen-bond donors (Lipinski definition) is 0. The number of carbonyl (C=O) groups is 1. The van der Waals surface area contributed by atoms with Crippen LogP contribution in [0.3, 0.4) is 0 Å². The van der Waals surface area contributed by atoms with E-state index in [1.165, 1.54) is 6.92 Å². The predicted octanol–water partition coefficient (Wildman–Crippen LogP) is 2.95. The van der Waals surface area contributed by atoms with Crippen molar-refractivity contribution in [2.24, 2.45) is 0 Å². The zero-order chi connectivity index (χ0) is 11.6. The Morgan fingerprint density at radius 1 is 1.53 bits per heavy atom. The minimum atomic E-state index is -0.871. The van der Waals surface area contributed by atoms with Crippen molar-refractivity contribution in [3.05, 3.63) is 34.4 Å². The Bertz CT molecular complexity index is 405. The molecule has 0 saturated heterocycles. The highest BCUT2D eigenvalue weighted by atomic mass is 79.9. The van der Waals surface area contributed by atoms with Crippen LogP contribution in [-0.2, 0) is 10.1 Å². The first-order valence-corrected chi connectivity index (χ1v) is 5.26. The number of esters is 1. The standard InChI is InChI=1S/C10H9BrF2O2/c1-5-3-7(12)6(4-11)8(9(5)13)10(14)15-2/h3H,4H2,1-2H3. The van der Waals surface area contributed by atoms with E-state index in [2.05, 4.69) is 20.7 Å². The first-order chi connectivity index (χ1) is 7.02. The highest BCUT2D eigenvalue weighted by molar-refractivity contribution is 9.08. The summed E-state index contributed by atoms with van der Waals surface area (Å²) < 4.78 is 31.4. The molecule has 1 rings (SSSR count). The number of carbonyl (C=O) groups excluding carboxylic acids is 1.